The number of thiophene rings is 1. The van der Waals surface area contributed by atoms with E-state index >= 15 is 0 Å². The maximum absolute atomic E-state index is 5.17. The van der Waals surface area contributed by atoms with Gasteiger partial charge in [0, 0.05) is 36.9 Å². The Hall–Kier alpha value is -6.23. The van der Waals surface area contributed by atoms with Gasteiger partial charge in [0.25, 0.3) is 0 Å². The molecule has 49 heavy (non-hydrogen) atoms. The third kappa shape index (κ3) is 4.61. The zero-order valence-corrected chi connectivity index (χ0v) is 27.2. The van der Waals surface area contributed by atoms with Crippen LogP contribution in [0.15, 0.2) is 164 Å². The fraction of sp³-hybridized carbons (Fsp3) is 0. The first kappa shape index (κ1) is 27.8. The van der Waals surface area contributed by atoms with E-state index in [-0.39, 0.29) is 0 Å². The van der Waals surface area contributed by atoms with Crippen LogP contribution in [0.4, 0.5) is 0 Å². The molecule has 2 aromatic heterocycles. The first-order chi connectivity index (χ1) is 24.3. The van der Waals surface area contributed by atoms with Crippen molar-refractivity contribution in [3.63, 3.8) is 0 Å². The van der Waals surface area contributed by atoms with Crippen LogP contribution in [0.25, 0.3) is 97.8 Å². The number of fused-ring (bicyclic) bond motifs is 6. The average Bonchev–Trinajstić information content (AvgIpc) is 3.53. The lowest BCUT2D eigenvalue weighted by Crippen LogP contribution is -2.01. The molecule has 0 saturated carbocycles. The molecule has 10 aromatic rings. The summed E-state index contributed by atoms with van der Waals surface area (Å²) in [5.74, 6) is 1.98. The second-order valence-electron chi connectivity index (χ2n) is 12.4. The van der Waals surface area contributed by atoms with Crippen molar-refractivity contribution in [1.29, 1.82) is 0 Å². The molecule has 0 aliphatic rings. The van der Waals surface area contributed by atoms with Crippen LogP contribution in [-0.2, 0) is 0 Å². The van der Waals surface area contributed by atoms with Crippen LogP contribution < -0.4 is 0 Å². The first-order valence-corrected chi connectivity index (χ1v) is 17.3. The van der Waals surface area contributed by atoms with Crippen LogP contribution in [0, 0.1) is 0 Å². The predicted octanol–water partition coefficient (Wildman–Crippen LogP) is 12.4. The standard InChI is InChI=1S/C45H27N3S/c1-3-13-28(14-4-1)43-46-44(29-15-5-2-6-16-29)48-45(47-43)42-35-21-11-9-19-33(35)41(34-20-10-12-22-36(34)42)32-23-24-39-37(26-32)38-25-30-17-7-8-18-31(30)27-40(38)49-39/h1-27H. The van der Waals surface area contributed by atoms with Gasteiger partial charge in [0.1, 0.15) is 0 Å². The lowest BCUT2D eigenvalue weighted by atomic mass is 9.87. The molecule has 8 aromatic carbocycles. The van der Waals surface area contributed by atoms with Gasteiger partial charge in [-0.25, -0.2) is 15.0 Å². The van der Waals surface area contributed by atoms with Crippen molar-refractivity contribution in [2.45, 2.75) is 0 Å². The van der Waals surface area contributed by atoms with Crippen molar-refractivity contribution in [1.82, 2.24) is 15.0 Å². The summed E-state index contributed by atoms with van der Waals surface area (Å²) in [6.07, 6.45) is 0. The minimum atomic E-state index is 0.656. The van der Waals surface area contributed by atoms with Crippen molar-refractivity contribution in [2.24, 2.45) is 0 Å². The molecule has 0 unspecified atom stereocenters. The first-order valence-electron chi connectivity index (χ1n) is 16.4. The van der Waals surface area contributed by atoms with Gasteiger partial charge in [-0.2, -0.15) is 0 Å². The topological polar surface area (TPSA) is 38.7 Å². The molecular weight excluding hydrogens is 615 g/mol. The minimum absolute atomic E-state index is 0.656. The quantitative estimate of drug-likeness (QED) is 0.180. The molecule has 0 amide bonds. The molecular formula is C45H27N3S. The summed E-state index contributed by atoms with van der Waals surface area (Å²) >= 11 is 1.86. The highest BCUT2D eigenvalue weighted by Crippen LogP contribution is 2.45. The van der Waals surface area contributed by atoms with E-state index in [0.717, 1.165) is 27.5 Å². The molecule has 2 heterocycles. The summed E-state index contributed by atoms with van der Waals surface area (Å²) in [6.45, 7) is 0. The predicted molar refractivity (Wildman–Crippen MR) is 207 cm³/mol. The summed E-state index contributed by atoms with van der Waals surface area (Å²) in [4.78, 5) is 15.3. The van der Waals surface area contributed by atoms with Gasteiger partial charge < -0.3 is 0 Å². The van der Waals surface area contributed by atoms with Gasteiger partial charge in [-0.15, -0.1) is 11.3 Å². The van der Waals surface area contributed by atoms with Crippen LogP contribution in [0.2, 0.25) is 0 Å². The molecule has 0 bridgehead atoms. The number of aromatic nitrogens is 3. The zero-order valence-electron chi connectivity index (χ0n) is 26.3. The van der Waals surface area contributed by atoms with Crippen LogP contribution in [-0.4, -0.2) is 15.0 Å². The highest BCUT2D eigenvalue weighted by atomic mass is 32.1. The summed E-state index contributed by atoms with van der Waals surface area (Å²) in [5.41, 5.74) is 5.35. The van der Waals surface area contributed by atoms with Crippen LogP contribution in [0.1, 0.15) is 0 Å². The van der Waals surface area contributed by atoms with Crippen molar-refractivity contribution < 1.29 is 0 Å². The number of rotatable bonds is 4. The van der Waals surface area contributed by atoms with Gasteiger partial charge in [-0.3, -0.25) is 0 Å². The Morgan fingerprint density at radius 1 is 0.306 bits per heavy atom. The maximum Gasteiger partial charge on any atom is 0.165 e. The molecule has 10 rings (SSSR count). The Bertz CT molecular complexity index is 2760. The van der Waals surface area contributed by atoms with E-state index in [9.17, 15) is 0 Å². The molecule has 0 aliphatic heterocycles. The highest BCUT2D eigenvalue weighted by Gasteiger charge is 2.21. The smallest absolute Gasteiger partial charge is 0.165 e. The van der Waals surface area contributed by atoms with Crippen LogP contribution >= 0.6 is 11.3 Å². The van der Waals surface area contributed by atoms with Gasteiger partial charge in [0.2, 0.25) is 0 Å². The molecule has 0 saturated heterocycles. The molecule has 0 radical (unpaired) electrons. The molecule has 0 fully saturated rings. The van der Waals surface area contributed by atoms with E-state index in [4.69, 9.17) is 15.0 Å². The highest BCUT2D eigenvalue weighted by molar-refractivity contribution is 7.25. The van der Waals surface area contributed by atoms with Crippen LogP contribution in [0.3, 0.4) is 0 Å². The fourth-order valence-corrected chi connectivity index (χ4v) is 8.34. The Kier molecular flexibility index (Phi) is 6.36. The van der Waals surface area contributed by atoms with Crippen molar-refractivity contribution in [2.75, 3.05) is 0 Å². The largest absolute Gasteiger partial charge is 0.208 e. The third-order valence-electron chi connectivity index (χ3n) is 9.48. The molecule has 0 N–H and O–H groups in total. The van der Waals surface area contributed by atoms with E-state index in [0.29, 0.717) is 17.5 Å². The average molecular weight is 642 g/mol. The van der Waals surface area contributed by atoms with Gasteiger partial charge in [0.05, 0.1) is 0 Å². The Balaban J connectivity index is 1.26. The monoisotopic (exact) mass is 641 g/mol. The van der Waals surface area contributed by atoms with Crippen molar-refractivity contribution in [3.8, 4) is 45.3 Å². The summed E-state index contributed by atoms with van der Waals surface area (Å²) in [6, 6.07) is 58.0. The summed E-state index contributed by atoms with van der Waals surface area (Å²) < 4.78 is 2.61. The second-order valence-corrected chi connectivity index (χ2v) is 13.5. The molecule has 4 heteroatoms. The van der Waals surface area contributed by atoms with E-state index in [1.807, 2.05) is 47.7 Å². The van der Waals surface area contributed by atoms with Crippen molar-refractivity contribution in [3.05, 3.63) is 164 Å². The number of benzene rings is 8. The van der Waals surface area contributed by atoms with E-state index in [1.54, 1.807) is 0 Å². The van der Waals surface area contributed by atoms with E-state index < -0.39 is 0 Å². The van der Waals surface area contributed by atoms with Gasteiger partial charge in [-0.1, -0.05) is 140 Å². The second kappa shape index (κ2) is 11.2. The van der Waals surface area contributed by atoms with Gasteiger partial charge >= 0.3 is 0 Å². The molecule has 0 aliphatic carbocycles. The Labute approximate surface area is 286 Å². The number of nitrogens with zero attached hydrogens (tertiary/aromatic N) is 3. The lowest BCUT2D eigenvalue weighted by Gasteiger charge is -2.17. The van der Waals surface area contributed by atoms with Crippen molar-refractivity contribution >= 4 is 63.8 Å². The molecule has 0 spiro atoms. The molecule has 228 valence electrons. The molecule has 3 nitrogen and oxygen atoms in total. The van der Waals surface area contributed by atoms with Gasteiger partial charge in [0.15, 0.2) is 17.5 Å². The summed E-state index contributed by atoms with van der Waals surface area (Å²) in [7, 11) is 0. The third-order valence-corrected chi connectivity index (χ3v) is 10.6. The minimum Gasteiger partial charge on any atom is -0.208 e. The lowest BCUT2D eigenvalue weighted by molar-refractivity contribution is 1.08. The fourth-order valence-electron chi connectivity index (χ4n) is 7.22. The van der Waals surface area contributed by atoms with Crippen LogP contribution in [0.5, 0.6) is 0 Å². The zero-order chi connectivity index (χ0) is 32.3. The summed E-state index contributed by atoms with van der Waals surface area (Å²) in [5, 5.41) is 9.70. The Morgan fingerprint density at radius 3 is 1.37 bits per heavy atom. The normalized spacial score (nSPS) is 11.7. The molecule has 0 atom stereocenters. The van der Waals surface area contributed by atoms with Gasteiger partial charge in [-0.05, 0) is 67.7 Å². The maximum atomic E-state index is 5.17. The SMILES string of the molecule is c1ccc(-c2nc(-c3ccccc3)nc(-c3c4ccccc4c(-c4ccc5sc6cc7ccccc7cc6c5c4)c4ccccc34)n2)cc1. The van der Waals surface area contributed by atoms with E-state index in [1.165, 1.54) is 52.8 Å². The van der Waals surface area contributed by atoms with E-state index in [2.05, 4.69) is 127 Å². The number of hydrogen-bond donors (Lipinski definition) is 0. The number of hydrogen-bond acceptors (Lipinski definition) is 4. The Morgan fingerprint density at radius 2 is 0.776 bits per heavy atom.